The minimum Gasteiger partial charge on any atom is -0.466 e. The van der Waals surface area contributed by atoms with Gasteiger partial charge in [-0.05, 0) is 31.5 Å². The van der Waals surface area contributed by atoms with Gasteiger partial charge in [0.1, 0.15) is 0 Å². The van der Waals surface area contributed by atoms with Crippen LogP contribution in [-0.2, 0) is 26.1 Å². The van der Waals surface area contributed by atoms with Crippen molar-refractivity contribution in [3.63, 3.8) is 0 Å². The van der Waals surface area contributed by atoms with E-state index in [1.54, 1.807) is 31.2 Å². The first-order chi connectivity index (χ1) is 11.9. The first kappa shape index (κ1) is 19.1. The molecule has 0 spiro atoms. The molecule has 0 fully saturated rings. The lowest BCUT2D eigenvalue weighted by Crippen LogP contribution is -2.33. The van der Waals surface area contributed by atoms with E-state index in [0.717, 1.165) is 11.1 Å². The molecule has 0 aliphatic carbocycles. The van der Waals surface area contributed by atoms with Gasteiger partial charge in [0.25, 0.3) is 0 Å². The molecule has 0 saturated carbocycles. The summed E-state index contributed by atoms with van der Waals surface area (Å²) >= 11 is 0. The fourth-order valence-corrected chi connectivity index (χ4v) is 3.81. The Morgan fingerprint density at radius 2 is 1.68 bits per heavy atom. The molecule has 0 unspecified atom stereocenters. The molecule has 0 heterocycles. The molecule has 0 N–H and O–H groups in total. The molecule has 6 heteroatoms. The fourth-order valence-electron chi connectivity index (χ4n) is 2.38. The molecule has 2 aromatic rings. The number of carbonyl (C=O) groups excluding carboxylic acids is 1. The molecule has 0 amide bonds. The minimum absolute atomic E-state index is 0.0196. The lowest BCUT2D eigenvalue weighted by molar-refractivity contribution is -0.143. The van der Waals surface area contributed by atoms with Crippen molar-refractivity contribution >= 4 is 16.0 Å². The smallest absolute Gasteiger partial charge is 0.307 e. The summed E-state index contributed by atoms with van der Waals surface area (Å²) < 4.78 is 32.2. The Labute approximate surface area is 149 Å². The van der Waals surface area contributed by atoms with Crippen LogP contribution in [0.25, 0.3) is 0 Å². The van der Waals surface area contributed by atoms with E-state index < -0.39 is 16.0 Å². The molecule has 2 rings (SSSR count). The molecule has 134 valence electrons. The molecular formula is C19H23NO4S. The number of hydrogen-bond acceptors (Lipinski definition) is 4. The number of hydrogen-bond donors (Lipinski definition) is 0. The monoisotopic (exact) mass is 361 g/mol. The van der Waals surface area contributed by atoms with Gasteiger partial charge in [0.15, 0.2) is 0 Å². The summed E-state index contributed by atoms with van der Waals surface area (Å²) in [6.45, 7) is 4.18. The third-order valence-electron chi connectivity index (χ3n) is 3.73. The van der Waals surface area contributed by atoms with E-state index in [1.165, 1.54) is 4.31 Å². The van der Waals surface area contributed by atoms with Crippen LogP contribution in [-0.4, -0.2) is 31.8 Å². The van der Waals surface area contributed by atoms with Crippen LogP contribution in [0.4, 0.5) is 0 Å². The summed E-state index contributed by atoms with van der Waals surface area (Å²) in [6.07, 6.45) is 0.0196. The average molecular weight is 361 g/mol. The normalized spacial score (nSPS) is 11.5. The second kappa shape index (κ2) is 8.78. The molecule has 0 aliphatic rings. The van der Waals surface area contributed by atoms with Crippen molar-refractivity contribution in [3.05, 3.63) is 65.7 Å². The SMILES string of the molecule is CCOC(=O)CCN(Cc1ccccc1)S(=O)(=O)c1ccc(C)cc1. The Bertz CT molecular complexity index is 786. The number of benzene rings is 2. The van der Waals surface area contributed by atoms with Crippen LogP contribution in [0.5, 0.6) is 0 Å². The summed E-state index contributed by atoms with van der Waals surface area (Å²) in [5, 5.41) is 0. The van der Waals surface area contributed by atoms with E-state index >= 15 is 0 Å². The molecule has 0 aliphatic heterocycles. The van der Waals surface area contributed by atoms with Gasteiger partial charge in [-0.3, -0.25) is 4.79 Å². The third kappa shape index (κ3) is 5.41. The van der Waals surface area contributed by atoms with Crippen molar-refractivity contribution < 1.29 is 17.9 Å². The topological polar surface area (TPSA) is 63.7 Å². The van der Waals surface area contributed by atoms with E-state index in [0.29, 0.717) is 0 Å². The van der Waals surface area contributed by atoms with Crippen LogP contribution in [0.3, 0.4) is 0 Å². The zero-order valence-corrected chi connectivity index (χ0v) is 15.3. The predicted octanol–water partition coefficient (Wildman–Crippen LogP) is 3.14. The van der Waals surface area contributed by atoms with Gasteiger partial charge in [0, 0.05) is 13.1 Å². The first-order valence-corrected chi connectivity index (χ1v) is 9.64. The van der Waals surface area contributed by atoms with Crippen molar-refractivity contribution in [1.29, 1.82) is 0 Å². The van der Waals surface area contributed by atoms with Gasteiger partial charge < -0.3 is 4.74 Å². The highest BCUT2D eigenvalue weighted by Gasteiger charge is 2.25. The summed E-state index contributed by atoms with van der Waals surface area (Å²) in [5.74, 6) is -0.403. The number of esters is 1. The highest BCUT2D eigenvalue weighted by Crippen LogP contribution is 2.19. The molecule has 0 saturated heterocycles. The van der Waals surface area contributed by atoms with Crippen LogP contribution < -0.4 is 0 Å². The first-order valence-electron chi connectivity index (χ1n) is 8.20. The van der Waals surface area contributed by atoms with Crippen LogP contribution >= 0.6 is 0 Å². The lowest BCUT2D eigenvalue weighted by Gasteiger charge is -2.22. The number of nitrogens with zero attached hydrogens (tertiary/aromatic N) is 1. The Kier molecular flexibility index (Phi) is 6.73. The second-order valence-electron chi connectivity index (χ2n) is 5.69. The van der Waals surface area contributed by atoms with Crippen molar-refractivity contribution in [1.82, 2.24) is 4.31 Å². The number of aryl methyl sites for hydroxylation is 1. The highest BCUT2D eigenvalue weighted by molar-refractivity contribution is 7.89. The third-order valence-corrected chi connectivity index (χ3v) is 5.59. The van der Waals surface area contributed by atoms with Gasteiger partial charge in [-0.2, -0.15) is 4.31 Å². The molecule has 2 aromatic carbocycles. The summed E-state index contributed by atoms with van der Waals surface area (Å²) in [7, 11) is -3.70. The van der Waals surface area contributed by atoms with E-state index in [1.807, 2.05) is 37.3 Å². The standard InChI is InChI=1S/C19H23NO4S/c1-3-24-19(21)13-14-20(15-17-7-5-4-6-8-17)25(22,23)18-11-9-16(2)10-12-18/h4-12H,3,13-15H2,1-2H3. The van der Waals surface area contributed by atoms with Crippen LogP contribution in [0.1, 0.15) is 24.5 Å². The number of ether oxygens (including phenoxy) is 1. The quantitative estimate of drug-likeness (QED) is 0.678. The number of carbonyl (C=O) groups is 1. The Morgan fingerprint density at radius 3 is 2.28 bits per heavy atom. The Morgan fingerprint density at radius 1 is 1.04 bits per heavy atom. The van der Waals surface area contributed by atoms with Crippen LogP contribution in [0, 0.1) is 6.92 Å². The summed E-state index contributed by atoms with van der Waals surface area (Å²) in [6, 6.07) is 16.0. The second-order valence-corrected chi connectivity index (χ2v) is 7.63. The van der Waals surface area contributed by atoms with Crippen molar-refractivity contribution in [2.45, 2.75) is 31.7 Å². The highest BCUT2D eigenvalue weighted by atomic mass is 32.2. The number of rotatable bonds is 8. The zero-order chi connectivity index (χ0) is 18.3. The average Bonchev–Trinajstić information content (AvgIpc) is 2.60. The van der Waals surface area contributed by atoms with Gasteiger partial charge in [-0.25, -0.2) is 8.42 Å². The van der Waals surface area contributed by atoms with Gasteiger partial charge >= 0.3 is 5.97 Å². The minimum atomic E-state index is -3.70. The summed E-state index contributed by atoms with van der Waals surface area (Å²) in [5.41, 5.74) is 1.85. The Balaban J connectivity index is 2.25. The lowest BCUT2D eigenvalue weighted by atomic mass is 10.2. The molecule has 5 nitrogen and oxygen atoms in total. The van der Waals surface area contributed by atoms with E-state index in [2.05, 4.69) is 0 Å². The van der Waals surface area contributed by atoms with Gasteiger partial charge in [-0.15, -0.1) is 0 Å². The van der Waals surface area contributed by atoms with Crippen LogP contribution in [0.2, 0.25) is 0 Å². The van der Waals surface area contributed by atoms with Gasteiger partial charge in [-0.1, -0.05) is 48.0 Å². The fraction of sp³-hybridized carbons (Fsp3) is 0.316. The van der Waals surface area contributed by atoms with Crippen LogP contribution in [0.15, 0.2) is 59.5 Å². The van der Waals surface area contributed by atoms with Gasteiger partial charge in [0.05, 0.1) is 17.9 Å². The van der Waals surface area contributed by atoms with Crippen molar-refractivity contribution in [2.24, 2.45) is 0 Å². The molecular weight excluding hydrogens is 338 g/mol. The maximum atomic E-state index is 13.0. The maximum Gasteiger partial charge on any atom is 0.307 e. The molecule has 0 aromatic heterocycles. The molecule has 0 radical (unpaired) electrons. The zero-order valence-electron chi connectivity index (χ0n) is 14.5. The Hall–Kier alpha value is -2.18. The van der Waals surface area contributed by atoms with E-state index in [9.17, 15) is 13.2 Å². The molecule has 0 bridgehead atoms. The molecule has 0 atom stereocenters. The molecule has 25 heavy (non-hydrogen) atoms. The van der Waals surface area contributed by atoms with Crippen molar-refractivity contribution in [3.8, 4) is 0 Å². The van der Waals surface area contributed by atoms with Crippen molar-refractivity contribution in [2.75, 3.05) is 13.2 Å². The number of sulfonamides is 1. The predicted molar refractivity (Wildman–Crippen MR) is 96.5 cm³/mol. The largest absolute Gasteiger partial charge is 0.466 e. The van der Waals surface area contributed by atoms with E-state index in [-0.39, 0.29) is 31.0 Å². The van der Waals surface area contributed by atoms with Gasteiger partial charge in [0.2, 0.25) is 10.0 Å². The van der Waals surface area contributed by atoms with E-state index in [4.69, 9.17) is 4.74 Å². The summed E-state index contributed by atoms with van der Waals surface area (Å²) in [4.78, 5) is 11.9. The maximum absolute atomic E-state index is 13.0.